The molecule has 1 heterocycles. The highest BCUT2D eigenvalue weighted by Crippen LogP contribution is 2.29. The molecule has 3 rings (SSSR count). The van der Waals surface area contributed by atoms with Crippen LogP contribution in [-0.4, -0.2) is 10.9 Å². The van der Waals surface area contributed by atoms with Crippen LogP contribution in [0, 0.1) is 6.92 Å². The summed E-state index contributed by atoms with van der Waals surface area (Å²) in [5.74, 6) is 0.120. The lowest BCUT2D eigenvalue weighted by atomic mass is 10.2. The fourth-order valence-electron chi connectivity index (χ4n) is 2.33. The number of aryl methyl sites for hydroxylation is 1. The van der Waals surface area contributed by atoms with E-state index in [-0.39, 0.29) is 5.69 Å². The zero-order chi connectivity index (χ0) is 19.4. The molecule has 2 aromatic carbocycles. The second-order valence-corrected chi connectivity index (χ2v) is 5.95. The molecular formula is C20H16F3N3O. The molecule has 0 aliphatic rings. The van der Waals surface area contributed by atoms with Crippen LogP contribution in [0.5, 0.6) is 0 Å². The van der Waals surface area contributed by atoms with Gasteiger partial charge in [0.1, 0.15) is 5.82 Å². The fourth-order valence-corrected chi connectivity index (χ4v) is 2.33. The first-order chi connectivity index (χ1) is 12.8. The SMILES string of the molecule is Cc1ccc(Nc2ccc(C(=O)Nc3ccc(C(F)(F)F)cc3)cn2)cc1. The van der Waals surface area contributed by atoms with E-state index in [4.69, 9.17) is 0 Å². The molecule has 0 saturated carbocycles. The third-order valence-electron chi connectivity index (χ3n) is 3.82. The third-order valence-corrected chi connectivity index (χ3v) is 3.82. The predicted molar refractivity (Wildman–Crippen MR) is 98.1 cm³/mol. The highest BCUT2D eigenvalue weighted by molar-refractivity contribution is 6.04. The maximum atomic E-state index is 12.6. The summed E-state index contributed by atoms with van der Waals surface area (Å²) < 4.78 is 37.7. The van der Waals surface area contributed by atoms with E-state index < -0.39 is 17.6 Å². The van der Waals surface area contributed by atoms with Crippen molar-refractivity contribution < 1.29 is 18.0 Å². The van der Waals surface area contributed by atoms with Gasteiger partial charge in [-0.15, -0.1) is 0 Å². The topological polar surface area (TPSA) is 54.0 Å². The zero-order valence-corrected chi connectivity index (χ0v) is 14.3. The van der Waals surface area contributed by atoms with Crippen molar-refractivity contribution in [3.05, 3.63) is 83.6 Å². The van der Waals surface area contributed by atoms with Crippen molar-refractivity contribution in [2.24, 2.45) is 0 Å². The number of aromatic nitrogens is 1. The van der Waals surface area contributed by atoms with Gasteiger partial charge in [-0.05, 0) is 55.5 Å². The molecule has 0 aliphatic carbocycles. The van der Waals surface area contributed by atoms with Crippen LogP contribution in [-0.2, 0) is 6.18 Å². The molecule has 2 N–H and O–H groups in total. The van der Waals surface area contributed by atoms with Crippen LogP contribution in [0.2, 0.25) is 0 Å². The van der Waals surface area contributed by atoms with Gasteiger partial charge >= 0.3 is 6.18 Å². The lowest BCUT2D eigenvalue weighted by Crippen LogP contribution is -2.13. The number of hydrogen-bond donors (Lipinski definition) is 2. The lowest BCUT2D eigenvalue weighted by Gasteiger charge is -2.09. The third kappa shape index (κ3) is 4.84. The summed E-state index contributed by atoms with van der Waals surface area (Å²) in [5, 5.41) is 5.66. The van der Waals surface area contributed by atoms with Gasteiger partial charge in [-0.25, -0.2) is 4.98 Å². The molecule has 7 heteroatoms. The van der Waals surface area contributed by atoms with E-state index in [1.807, 2.05) is 31.2 Å². The van der Waals surface area contributed by atoms with Gasteiger partial charge in [0.25, 0.3) is 5.91 Å². The van der Waals surface area contributed by atoms with Crippen LogP contribution >= 0.6 is 0 Å². The molecule has 27 heavy (non-hydrogen) atoms. The number of carbonyl (C=O) groups excluding carboxylic acids is 1. The maximum absolute atomic E-state index is 12.6. The minimum Gasteiger partial charge on any atom is -0.340 e. The van der Waals surface area contributed by atoms with Crippen molar-refractivity contribution in [1.82, 2.24) is 4.98 Å². The minimum absolute atomic E-state index is 0.273. The molecule has 0 spiro atoms. The van der Waals surface area contributed by atoms with Gasteiger partial charge in [0, 0.05) is 17.6 Å². The molecule has 0 atom stereocenters. The van der Waals surface area contributed by atoms with Gasteiger partial charge in [-0.1, -0.05) is 17.7 Å². The summed E-state index contributed by atoms with van der Waals surface area (Å²) in [4.78, 5) is 16.4. The Balaban J connectivity index is 1.64. The van der Waals surface area contributed by atoms with Crippen molar-refractivity contribution in [1.29, 1.82) is 0 Å². The molecule has 1 aromatic heterocycles. The first kappa shape index (κ1) is 18.4. The van der Waals surface area contributed by atoms with Crippen LogP contribution in [0.15, 0.2) is 66.9 Å². The Labute approximate surface area is 154 Å². The van der Waals surface area contributed by atoms with E-state index in [0.717, 1.165) is 23.4 Å². The number of rotatable bonds is 4. The molecule has 1 amide bonds. The Morgan fingerprint density at radius 3 is 2.07 bits per heavy atom. The number of pyridine rings is 1. The summed E-state index contributed by atoms with van der Waals surface area (Å²) in [6.07, 6.45) is -3.01. The summed E-state index contributed by atoms with van der Waals surface area (Å²) >= 11 is 0. The number of benzene rings is 2. The van der Waals surface area contributed by atoms with Crippen molar-refractivity contribution in [2.75, 3.05) is 10.6 Å². The highest BCUT2D eigenvalue weighted by Gasteiger charge is 2.29. The Kier molecular flexibility index (Phi) is 5.12. The summed E-state index contributed by atoms with van der Waals surface area (Å²) in [6.45, 7) is 1.99. The zero-order valence-electron chi connectivity index (χ0n) is 14.3. The van der Waals surface area contributed by atoms with Gasteiger partial charge in [0.15, 0.2) is 0 Å². The Morgan fingerprint density at radius 2 is 1.52 bits per heavy atom. The normalized spacial score (nSPS) is 11.1. The molecule has 0 aliphatic heterocycles. The molecular weight excluding hydrogens is 355 g/mol. The largest absolute Gasteiger partial charge is 0.416 e. The first-order valence-corrected chi connectivity index (χ1v) is 8.09. The Morgan fingerprint density at radius 1 is 0.889 bits per heavy atom. The summed E-state index contributed by atoms with van der Waals surface area (Å²) in [7, 11) is 0. The molecule has 0 fully saturated rings. The lowest BCUT2D eigenvalue weighted by molar-refractivity contribution is -0.137. The standard InChI is InChI=1S/C20H16F3N3O/c1-13-2-7-16(8-3-13)25-18-11-4-14(12-24-18)19(27)26-17-9-5-15(6-10-17)20(21,22)23/h2-12H,1H3,(H,24,25)(H,26,27). The number of nitrogens with zero attached hydrogens (tertiary/aromatic N) is 1. The van der Waals surface area contributed by atoms with Crippen LogP contribution in [0.3, 0.4) is 0 Å². The van der Waals surface area contributed by atoms with Crippen LogP contribution < -0.4 is 10.6 Å². The highest BCUT2D eigenvalue weighted by atomic mass is 19.4. The number of amides is 1. The smallest absolute Gasteiger partial charge is 0.340 e. The average molecular weight is 371 g/mol. The molecule has 3 aromatic rings. The van der Waals surface area contributed by atoms with Gasteiger partial charge in [-0.3, -0.25) is 4.79 Å². The van der Waals surface area contributed by atoms with E-state index in [1.54, 1.807) is 12.1 Å². The van der Waals surface area contributed by atoms with E-state index in [1.165, 1.54) is 18.3 Å². The van der Waals surface area contributed by atoms with Gasteiger partial charge in [0.2, 0.25) is 0 Å². The summed E-state index contributed by atoms with van der Waals surface area (Å²) in [5.41, 5.74) is 1.81. The van der Waals surface area contributed by atoms with Gasteiger partial charge in [-0.2, -0.15) is 13.2 Å². The molecule has 0 unspecified atom stereocenters. The number of halogens is 3. The number of nitrogens with one attached hydrogen (secondary N) is 2. The van der Waals surface area contributed by atoms with Gasteiger partial charge in [0.05, 0.1) is 11.1 Å². The number of alkyl halides is 3. The number of anilines is 3. The van der Waals surface area contributed by atoms with Crippen LogP contribution in [0.1, 0.15) is 21.5 Å². The van der Waals surface area contributed by atoms with E-state index in [2.05, 4.69) is 15.6 Å². The first-order valence-electron chi connectivity index (χ1n) is 8.09. The summed E-state index contributed by atoms with van der Waals surface area (Å²) in [6, 6.07) is 15.3. The number of hydrogen-bond acceptors (Lipinski definition) is 3. The van der Waals surface area contributed by atoms with Crippen LogP contribution in [0.4, 0.5) is 30.4 Å². The quantitative estimate of drug-likeness (QED) is 0.645. The van der Waals surface area contributed by atoms with Crippen molar-refractivity contribution in [2.45, 2.75) is 13.1 Å². The maximum Gasteiger partial charge on any atom is 0.416 e. The van der Waals surface area contributed by atoms with Crippen molar-refractivity contribution in [3.8, 4) is 0 Å². The van der Waals surface area contributed by atoms with E-state index in [9.17, 15) is 18.0 Å². The Bertz CT molecular complexity index is 919. The molecule has 0 bridgehead atoms. The van der Waals surface area contributed by atoms with Crippen molar-refractivity contribution in [3.63, 3.8) is 0 Å². The molecule has 0 saturated heterocycles. The molecule has 4 nitrogen and oxygen atoms in total. The monoisotopic (exact) mass is 371 g/mol. The predicted octanol–water partition coefficient (Wildman–Crippen LogP) is 5.40. The number of carbonyl (C=O) groups is 1. The Hall–Kier alpha value is -3.35. The van der Waals surface area contributed by atoms with Crippen molar-refractivity contribution >= 4 is 23.1 Å². The minimum atomic E-state index is -4.41. The second kappa shape index (κ2) is 7.49. The fraction of sp³-hybridized carbons (Fsp3) is 0.100. The van der Waals surface area contributed by atoms with E-state index in [0.29, 0.717) is 11.4 Å². The average Bonchev–Trinajstić information content (AvgIpc) is 2.64. The molecule has 0 radical (unpaired) electrons. The van der Waals surface area contributed by atoms with Gasteiger partial charge < -0.3 is 10.6 Å². The molecule has 138 valence electrons. The van der Waals surface area contributed by atoms with Crippen LogP contribution in [0.25, 0.3) is 0 Å². The second-order valence-electron chi connectivity index (χ2n) is 5.95. The van der Waals surface area contributed by atoms with E-state index >= 15 is 0 Å².